The molecule has 150 valence electrons. The fraction of sp³-hybridized carbons (Fsp3) is 0.120. The summed E-state index contributed by atoms with van der Waals surface area (Å²) in [4.78, 5) is 17.3. The number of carbonyl (C=O) groups excluding carboxylic acids is 1. The van der Waals surface area contributed by atoms with Crippen molar-refractivity contribution in [3.05, 3.63) is 95.4 Å². The molecule has 0 atom stereocenters. The Balaban J connectivity index is 1.45. The van der Waals surface area contributed by atoms with Crippen LogP contribution in [-0.2, 0) is 6.54 Å². The van der Waals surface area contributed by atoms with Gasteiger partial charge in [0.25, 0.3) is 5.91 Å². The van der Waals surface area contributed by atoms with E-state index in [1.54, 1.807) is 23.5 Å². The van der Waals surface area contributed by atoms with Crippen molar-refractivity contribution in [1.82, 2.24) is 10.3 Å². The molecule has 4 nitrogen and oxygen atoms in total. The summed E-state index contributed by atoms with van der Waals surface area (Å²) in [7, 11) is 0. The minimum atomic E-state index is -0.123. The number of benzene rings is 3. The Labute approximate surface area is 180 Å². The third kappa shape index (κ3) is 4.75. The molecule has 4 aromatic rings. The summed E-state index contributed by atoms with van der Waals surface area (Å²) < 4.78 is 5.47. The van der Waals surface area contributed by atoms with Crippen molar-refractivity contribution in [2.24, 2.45) is 0 Å². The first-order valence-electron chi connectivity index (χ1n) is 9.84. The Morgan fingerprint density at radius 2 is 1.77 bits per heavy atom. The Bertz CT molecular complexity index is 1140. The standard InChI is InChI=1S/C25H22N2O2S/c1-2-29-22-13-7-11-20(15-22)24(28)26-16-18-8-6-12-21(14-18)25-27-23(17-30-25)19-9-4-3-5-10-19/h3-15,17H,2,16H2,1H3,(H,26,28). The van der Waals surface area contributed by atoms with Gasteiger partial charge < -0.3 is 10.1 Å². The van der Waals surface area contributed by atoms with Crippen molar-refractivity contribution < 1.29 is 9.53 Å². The zero-order chi connectivity index (χ0) is 20.8. The number of ether oxygens (including phenoxy) is 1. The first-order valence-corrected chi connectivity index (χ1v) is 10.7. The number of amides is 1. The average Bonchev–Trinajstić information content (AvgIpc) is 3.29. The van der Waals surface area contributed by atoms with Crippen molar-refractivity contribution in [2.45, 2.75) is 13.5 Å². The first-order chi connectivity index (χ1) is 14.7. The molecule has 0 spiro atoms. The third-order valence-electron chi connectivity index (χ3n) is 4.61. The Hall–Kier alpha value is -3.44. The minimum Gasteiger partial charge on any atom is -0.494 e. The molecular formula is C25H22N2O2S. The first kappa shape index (κ1) is 19.9. The van der Waals surface area contributed by atoms with Crippen LogP contribution < -0.4 is 10.1 Å². The van der Waals surface area contributed by atoms with Crippen LogP contribution in [0.3, 0.4) is 0 Å². The number of carbonyl (C=O) groups is 1. The SMILES string of the molecule is CCOc1cccc(C(=O)NCc2cccc(-c3nc(-c4ccccc4)cs3)c2)c1. The fourth-order valence-electron chi connectivity index (χ4n) is 3.14. The number of rotatable bonds is 7. The summed E-state index contributed by atoms with van der Waals surface area (Å²) in [6, 6.07) is 25.5. The fourth-order valence-corrected chi connectivity index (χ4v) is 3.97. The van der Waals surface area contributed by atoms with Crippen molar-refractivity contribution >= 4 is 17.2 Å². The lowest BCUT2D eigenvalue weighted by molar-refractivity contribution is 0.0950. The molecule has 30 heavy (non-hydrogen) atoms. The smallest absolute Gasteiger partial charge is 0.251 e. The lowest BCUT2D eigenvalue weighted by atomic mass is 10.1. The Kier molecular flexibility index (Phi) is 6.20. The van der Waals surface area contributed by atoms with Gasteiger partial charge in [-0.25, -0.2) is 4.98 Å². The molecule has 1 aromatic heterocycles. The summed E-state index contributed by atoms with van der Waals surface area (Å²) in [6.07, 6.45) is 0. The highest BCUT2D eigenvalue weighted by Crippen LogP contribution is 2.29. The van der Waals surface area contributed by atoms with Gasteiger partial charge in [-0.3, -0.25) is 4.79 Å². The number of nitrogens with one attached hydrogen (secondary N) is 1. The van der Waals surface area contributed by atoms with Crippen molar-refractivity contribution in [2.75, 3.05) is 6.61 Å². The molecule has 0 saturated carbocycles. The summed E-state index contributed by atoms with van der Waals surface area (Å²) in [5.41, 5.74) is 4.75. The van der Waals surface area contributed by atoms with Gasteiger partial charge >= 0.3 is 0 Å². The van der Waals surface area contributed by atoms with Gasteiger partial charge in [0.15, 0.2) is 0 Å². The van der Waals surface area contributed by atoms with Crippen LogP contribution in [0.4, 0.5) is 0 Å². The molecule has 0 aliphatic carbocycles. The zero-order valence-electron chi connectivity index (χ0n) is 16.7. The summed E-state index contributed by atoms with van der Waals surface area (Å²) >= 11 is 1.62. The lowest BCUT2D eigenvalue weighted by Gasteiger charge is -2.08. The largest absolute Gasteiger partial charge is 0.494 e. The van der Waals surface area contributed by atoms with Gasteiger partial charge in [0.2, 0.25) is 0 Å². The average molecular weight is 415 g/mol. The molecule has 0 aliphatic heterocycles. The highest BCUT2D eigenvalue weighted by Gasteiger charge is 2.09. The normalized spacial score (nSPS) is 10.6. The predicted octanol–water partition coefficient (Wildman–Crippen LogP) is 5.81. The summed E-state index contributed by atoms with van der Waals surface area (Å²) in [5.74, 6) is 0.577. The van der Waals surface area contributed by atoms with Crippen LogP contribution >= 0.6 is 11.3 Å². The van der Waals surface area contributed by atoms with Crippen molar-refractivity contribution in [3.63, 3.8) is 0 Å². The van der Waals surface area contributed by atoms with Crippen LogP contribution in [0.1, 0.15) is 22.8 Å². The van der Waals surface area contributed by atoms with Gasteiger partial charge in [-0.1, -0.05) is 54.6 Å². The van der Waals surface area contributed by atoms with Gasteiger partial charge in [-0.05, 0) is 36.8 Å². The van der Waals surface area contributed by atoms with E-state index in [0.717, 1.165) is 27.4 Å². The number of nitrogens with zero attached hydrogens (tertiary/aromatic N) is 1. The highest BCUT2D eigenvalue weighted by molar-refractivity contribution is 7.13. The summed E-state index contributed by atoms with van der Waals surface area (Å²) in [5, 5.41) is 6.02. The van der Waals surface area contributed by atoms with Gasteiger partial charge in [-0.2, -0.15) is 0 Å². The number of thiazole rings is 1. The number of aromatic nitrogens is 1. The molecule has 0 unspecified atom stereocenters. The molecule has 3 aromatic carbocycles. The van der Waals surface area contributed by atoms with Crippen LogP contribution in [0.15, 0.2) is 84.2 Å². The molecule has 1 N–H and O–H groups in total. The van der Waals surface area contributed by atoms with Crippen molar-refractivity contribution in [3.8, 4) is 27.6 Å². The molecule has 0 saturated heterocycles. The molecule has 5 heteroatoms. The van der Waals surface area contributed by atoms with E-state index >= 15 is 0 Å². The monoisotopic (exact) mass is 414 g/mol. The van der Waals surface area contributed by atoms with E-state index in [1.807, 2.05) is 55.5 Å². The molecular weight excluding hydrogens is 392 g/mol. The van der Waals surface area contributed by atoms with Crippen LogP contribution in [0.2, 0.25) is 0 Å². The maximum atomic E-state index is 12.5. The molecule has 1 heterocycles. The predicted molar refractivity (Wildman–Crippen MR) is 122 cm³/mol. The molecule has 0 radical (unpaired) electrons. The molecule has 1 amide bonds. The van der Waals surface area contributed by atoms with E-state index in [1.165, 1.54) is 0 Å². The number of hydrogen-bond acceptors (Lipinski definition) is 4. The topological polar surface area (TPSA) is 51.2 Å². The van der Waals surface area contributed by atoms with Crippen LogP contribution in [-0.4, -0.2) is 17.5 Å². The van der Waals surface area contributed by atoms with E-state index < -0.39 is 0 Å². The second-order valence-corrected chi connectivity index (χ2v) is 7.61. The van der Waals surface area contributed by atoms with Gasteiger partial charge in [0.05, 0.1) is 12.3 Å². The van der Waals surface area contributed by atoms with Crippen molar-refractivity contribution in [1.29, 1.82) is 0 Å². The van der Waals surface area contributed by atoms with Crippen LogP contribution in [0, 0.1) is 0 Å². The Morgan fingerprint density at radius 3 is 2.60 bits per heavy atom. The number of hydrogen-bond donors (Lipinski definition) is 1. The zero-order valence-corrected chi connectivity index (χ0v) is 17.5. The second kappa shape index (κ2) is 9.37. The molecule has 0 aliphatic rings. The van der Waals surface area contributed by atoms with Crippen LogP contribution in [0.5, 0.6) is 5.75 Å². The lowest BCUT2D eigenvalue weighted by Crippen LogP contribution is -2.22. The second-order valence-electron chi connectivity index (χ2n) is 6.75. The van der Waals surface area contributed by atoms with E-state index in [2.05, 4.69) is 28.9 Å². The van der Waals surface area contributed by atoms with Gasteiger partial charge in [0, 0.05) is 28.6 Å². The Morgan fingerprint density at radius 1 is 0.967 bits per heavy atom. The van der Waals surface area contributed by atoms with Gasteiger partial charge in [0.1, 0.15) is 10.8 Å². The summed E-state index contributed by atoms with van der Waals surface area (Å²) in [6.45, 7) is 2.94. The maximum absolute atomic E-state index is 12.5. The quantitative estimate of drug-likeness (QED) is 0.415. The van der Waals surface area contributed by atoms with Crippen LogP contribution in [0.25, 0.3) is 21.8 Å². The molecule has 0 fully saturated rings. The minimum absolute atomic E-state index is 0.123. The highest BCUT2D eigenvalue weighted by atomic mass is 32.1. The molecule has 4 rings (SSSR count). The molecule has 0 bridgehead atoms. The third-order valence-corrected chi connectivity index (χ3v) is 5.50. The van der Waals surface area contributed by atoms with E-state index in [0.29, 0.717) is 24.5 Å². The van der Waals surface area contributed by atoms with Gasteiger partial charge in [-0.15, -0.1) is 11.3 Å². The van der Waals surface area contributed by atoms with E-state index in [-0.39, 0.29) is 5.91 Å². The maximum Gasteiger partial charge on any atom is 0.251 e. The van der Waals surface area contributed by atoms with E-state index in [9.17, 15) is 4.79 Å². The van der Waals surface area contributed by atoms with E-state index in [4.69, 9.17) is 9.72 Å².